The van der Waals surface area contributed by atoms with Crippen molar-refractivity contribution in [3.63, 3.8) is 0 Å². The van der Waals surface area contributed by atoms with Gasteiger partial charge in [-0.1, -0.05) is 13.8 Å². The lowest BCUT2D eigenvalue weighted by Gasteiger charge is -2.28. The van der Waals surface area contributed by atoms with E-state index in [4.69, 9.17) is 9.84 Å². The molecule has 1 atom stereocenters. The highest BCUT2D eigenvalue weighted by Gasteiger charge is 2.26. The normalized spacial score (nSPS) is 14.1. The summed E-state index contributed by atoms with van der Waals surface area (Å²) in [5, 5.41) is 27.1. The quantitative estimate of drug-likeness (QED) is 0.489. The summed E-state index contributed by atoms with van der Waals surface area (Å²) >= 11 is 0. The molecule has 4 heteroatoms. The van der Waals surface area contributed by atoms with Crippen LogP contribution in [-0.2, 0) is 4.74 Å². The lowest BCUT2D eigenvalue weighted by molar-refractivity contribution is -0.0324. The average Bonchev–Trinajstić information content (AvgIpc) is 2.31. The summed E-state index contributed by atoms with van der Waals surface area (Å²) in [7, 11) is 0. The van der Waals surface area contributed by atoms with Gasteiger partial charge < -0.3 is 20.1 Å². The Kier molecular flexibility index (Phi) is 8.84. The second-order valence-electron chi connectivity index (χ2n) is 4.63. The lowest BCUT2D eigenvalue weighted by atomic mass is 9.88. The van der Waals surface area contributed by atoms with Crippen molar-refractivity contribution < 1.29 is 20.1 Å². The second-order valence-corrected chi connectivity index (χ2v) is 4.63. The predicted octanol–water partition coefficient (Wildman–Crippen LogP) is 0.793. The molecule has 0 aliphatic rings. The van der Waals surface area contributed by atoms with E-state index in [1.54, 1.807) is 0 Å². The van der Waals surface area contributed by atoms with E-state index >= 15 is 0 Å². The van der Waals surface area contributed by atoms with Crippen molar-refractivity contribution in [1.29, 1.82) is 0 Å². The third kappa shape index (κ3) is 5.80. The highest BCUT2D eigenvalue weighted by Crippen LogP contribution is 2.21. The van der Waals surface area contributed by atoms with Gasteiger partial charge in [-0.15, -0.1) is 0 Å². The van der Waals surface area contributed by atoms with Crippen LogP contribution in [0.1, 0.15) is 33.1 Å². The van der Waals surface area contributed by atoms with Gasteiger partial charge in [-0.3, -0.25) is 0 Å². The molecular weight excluding hydrogens is 208 g/mol. The van der Waals surface area contributed by atoms with Crippen LogP contribution in [0.15, 0.2) is 0 Å². The molecule has 0 saturated heterocycles. The van der Waals surface area contributed by atoms with Gasteiger partial charge in [0.05, 0.1) is 19.8 Å². The van der Waals surface area contributed by atoms with Crippen LogP contribution < -0.4 is 0 Å². The molecule has 0 amide bonds. The summed E-state index contributed by atoms with van der Waals surface area (Å²) < 4.78 is 5.49. The van der Waals surface area contributed by atoms with Crippen molar-refractivity contribution in [2.75, 3.05) is 33.0 Å². The molecule has 0 radical (unpaired) electrons. The van der Waals surface area contributed by atoms with Crippen LogP contribution >= 0.6 is 0 Å². The third-order valence-electron chi connectivity index (χ3n) is 3.21. The molecule has 0 aromatic carbocycles. The molecule has 0 bridgehead atoms. The Labute approximate surface area is 98.2 Å². The van der Waals surface area contributed by atoms with Gasteiger partial charge in [0, 0.05) is 18.6 Å². The number of aliphatic hydroxyl groups excluding tert-OH is 3. The zero-order valence-corrected chi connectivity index (χ0v) is 10.5. The maximum absolute atomic E-state index is 9.20. The van der Waals surface area contributed by atoms with Crippen molar-refractivity contribution >= 4 is 0 Å². The van der Waals surface area contributed by atoms with Crippen LogP contribution in [0.25, 0.3) is 0 Å². The maximum Gasteiger partial charge on any atom is 0.0566 e. The first kappa shape index (κ1) is 15.8. The molecule has 0 aliphatic heterocycles. The Bertz CT molecular complexity index is 149. The SMILES string of the molecule is CCC(CO)(CO)COCCC(C)CCO. The van der Waals surface area contributed by atoms with E-state index in [-0.39, 0.29) is 19.8 Å². The molecule has 0 fully saturated rings. The number of hydrogen-bond donors (Lipinski definition) is 3. The Morgan fingerprint density at radius 1 is 1.12 bits per heavy atom. The molecular formula is C12H26O4. The molecule has 3 N–H and O–H groups in total. The molecule has 0 aromatic rings. The van der Waals surface area contributed by atoms with Gasteiger partial charge >= 0.3 is 0 Å². The minimum Gasteiger partial charge on any atom is -0.396 e. The largest absolute Gasteiger partial charge is 0.396 e. The maximum atomic E-state index is 9.20. The minimum absolute atomic E-state index is 0.0494. The van der Waals surface area contributed by atoms with Gasteiger partial charge in [-0.05, 0) is 25.2 Å². The molecule has 0 saturated carbocycles. The van der Waals surface area contributed by atoms with Gasteiger partial charge in [-0.25, -0.2) is 0 Å². The van der Waals surface area contributed by atoms with Gasteiger partial charge in [0.2, 0.25) is 0 Å². The van der Waals surface area contributed by atoms with E-state index in [1.807, 2.05) is 6.92 Å². The van der Waals surface area contributed by atoms with Crippen LogP contribution in [-0.4, -0.2) is 48.4 Å². The van der Waals surface area contributed by atoms with Crippen molar-refractivity contribution in [3.05, 3.63) is 0 Å². The van der Waals surface area contributed by atoms with Crippen LogP contribution in [0.2, 0.25) is 0 Å². The fourth-order valence-corrected chi connectivity index (χ4v) is 1.40. The minimum atomic E-state index is -0.500. The summed E-state index contributed by atoms with van der Waals surface area (Å²) in [5.74, 6) is 0.448. The molecule has 0 heterocycles. The van der Waals surface area contributed by atoms with E-state index in [2.05, 4.69) is 6.92 Å². The topological polar surface area (TPSA) is 69.9 Å². The first-order valence-corrected chi connectivity index (χ1v) is 6.04. The summed E-state index contributed by atoms with van der Waals surface area (Å²) in [6.07, 6.45) is 2.39. The molecule has 0 rings (SSSR count). The zero-order valence-electron chi connectivity index (χ0n) is 10.5. The van der Waals surface area contributed by atoms with Crippen LogP contribution in [0, 0.1) is 11.3 Å². The van der Waals surface area contributed by atoms with Crippen LogP contribution in [0.4, 0.5) is 0 Å². The summed E-state index contributed by atoms with van der Waals surface area (Å²) in [5.41, 5.74) is -0.500. The zero-order chi connectivity index (χ0) is 12.4. The predicted molar refractivity (Wildman–Crippen MR) is 63.2 cm³/mol. The van der Waals surface area contributed by atoms with E-state index in [9.17, 15) is 10.2 Å². The Morgan fingerprint density at radius 3 is 2.19 bits per heavy atom. The van der Waals surface area contributed by atoms with Gasteiger partial charge in [0.1, 0.15) is 0 Å². The molecule has 0 aromatic heterocycles. The Morgan fingerprint density at radius 2 is 1.75 bits per heavy atom. The first-order chi connectivity index (χ1) is 7.64. The van der Waals surface area contributed by atoms with Crippen molar-refractivity contribution in [3.8, 4) is 0 Å². The smallest absolute Gasteiger partial charge is 0.0566 e. The van der Waals surface area contributed by atoms with Crippen LogP contribution in [0.5, 0.6) is 0 Å². The first-order valence-electron chi connectivity index (χ1n) is 6.04. The van der Waals surface area contributed by atoms with Gasteiger partial charge in [-0.2, -0.15) is 0 Å². The Hall–Kier alpha value is -0.160. The fourth-order valence-electron chi connectivity index (χ4n) is 1.40. The molecule has 0 aliphatic carbocycles. The number of hydrogen-bond acceptors (Lipinski definition) is 4. The second kappa shape index (κ2) is 8.93. The van der Waals surface area contributed by atoms with Crippen molar-refractivity contribution in [2.24, 2.45) is 11.3 Å². The standard InChI is InChI=1S/C12H26O4/c1-3-12(8-14,9-15)10-16-7-5-11(2)4-6-13/h11,13-15H,3-10H2,1-2H3. The highest BCUT2D eigenvalue weighted by molar-refractivity contribution is 4.75. The fraction of sp³-hybridized carbons (Fsp3) is 1.00. The highest BCUT2D eigenvalue weighted by atomic mass is 16.5. The monoisotopic (exact) mass is 234 g/mol. The molecule has 98 valence electrons. The van der Waals surface area contributed by atoms with Crippen molar-refractivity contribution in [1.82, 2.24) is 0 Å². The molecule has 0 spiro atoms. The van der Waals surface area contributed by atoms with Crippen LogP contribution in [0.3, 0.4) is 0 Å². The molecule has 16 heavy (non-hydrogen) atoms. The number of ether oxygens (including phenoxy) is 1. The van der Waals surface area contributed by atoms with Gasteiger partial charge in [0.15, 0.2) is 0 Å². The third-order valence-corrected chi connectivity index (χ3v) is 3.21. The molecule has 4 nitrogen and oxygen atoms in total. The van der Waals surface area contributed by atoms with Gasteiger partial charge in [0.25, 0.3) is 0 Å². The Balaban J connectivity index is 3.70. The van der Waals surface area contributed by atoms with Crippen molar-refractivity contribution in [2.45, 2.75) is 33.1 Å². The van der Waals surface area contributed by atoms with E-state index < -0.39 is 5.41 Å². The summed E-state index contributed by atoms with van der Waals surface area (Å²) in [6, 6.07) is 0. The van der Waals surface area contributed by atoms with E-state index in [0.29, 0.717) is 25.6 Å². The van der Waals surface area contributed by atoms with E-state index in [1.165, 1.54) is 0 Å². The average molecular weight is 234 g/mol. The summed E-state index contributed by atoms with van der Waals surface area (Å²) in [6.45, 7) is 5.13. The van der Waals surface area contributed by atoms with E-state index in [0.717, 1.165) is 12.8 Å². The summed E-state index contributed by atoms with van der Waals surface area (Å²) in [4.78, 5) is 0. The number of rotatable bonds is 10. The molecule has 1 unspecified atom stereocenters. The lowest BCUT2D eigenvalue weighted by Crippen LogP contribution is -2.34. The number of aliphatic hydroxyl groups is 3.